The summed E-state index contributed by atoms with van der Waals surface area (Å²) in [4.78, 5) is 26.4. The topological polar surface area (TPSA) is 91.7 Å². The molecule has 110 valence electrons. The van der Waals surface area contributed by atoms with E-state index in [1.54, 1.807) is 49.3 Å². The average molecular weight is 289 g/mol. The number of para-hydroxylation sites is 1. The highest BCUT2D eigenvalue weighted by Crippen LogP contribution is 2.24. The lowest BCUT2D eigenvalue weighted by atomic mass is 10.3. The summed E-state index contributed by atoms with van der Waals surface area (Å²) < 4.78 is 5.00. The lowest BCUT2D eigenvalue weighted by molar-refractivity contribution is 0.204. The number of hydrogen-bond donors (Lipinski definition) is 1. The number of anilines is 3. The van der Waals surface area contributed by atoms with Gasteiger partial charge in [0.15, 0.2) is 0 Å². The van der Waals surface area contributed by atoms with Gasteiger partial charge in [-0.15, -0.1) is 0 Å². The summed E-state index contributed by atoms with van der Waals surface area (Å²) in [6.07, 6.45) is -1.20. The number of hydrogen-bond acceptors (Lipinski definition) is 6. The van der Waals surface area contributed by atoms with Crippen LogP contribution in [-0.4, -0.2) is 47.4 Å². The predicted octanol–water partition coefficient (Wildman–Crippen LogP) is 1.76. The molecule has 0 aliphatic carbocycles. The second kappa shape index (κ2) is 6.04. The van der Waals surface area contributed by atoms with E-state index >= 15 is 0 Å². The molecule has 8 nitrogen and oxygen atoms in total. The average Bonchev–Trinajstić information content (AvgIpc) is 2.47. The van der Waals surface area contributed by atoms with Gasteiger partial charge in [0.2, 0.25) is 11.9 Å². The molecule has 2 rings (SSSR count). The van der Waals surface area contributed by atoms with E-state index in [2.05, 4.69) is 15.0 Å². The highest BCUT2D eigenvalue weighted by Gasteiger charge is 2.22. The van der Waals surface area contributed by atoms with Gasteiger partial charge in [-0.25, -0.2) is 9.69 Å². The Morgan fingerprint density at radius 1 is 1.10 bits per heavy atom. The lowest BCUT2D eigenvalue weighted by Gasteiger charge is -2.19. The van der Waals surface area contributed by atoms with Gasteiger partial charge < -0.3 is 14.7 Å². The fraction of sp³-hybridized carbons (Fsp3) is 0.231. The van der Waals surface area contributed by atoms with Crippen molar-refractivity contribution < 1.29 is 14.6 Å². The van der Waals surface area contributed by atoms with E-state index in [0.717, 1.165) is 4.90 Å². The van der Waals surface area contributed by atoms with Crippen LogP contribution in [0.25, 0.3) is 0 Å². The molecular formula is C13H15N5O3. The molecule has 1 aromatic carbocycles. The molecule has 1 aromatic heterocycles. The SMILES string of the molecule is COc1nc(N(C)C)nc(N(C(=O)O)c2ccccc2)n1. The summed E-state index contributed by atoms with van der Waals surface area (Å²) in [7, 11) is 4.89. The number of carboxylic acid groups (broad SMARTS) is 1. The summed E-state index contributed by atoms with van der Waals surface area (Å²) in [5.41, 5.74) is 0.433. The molecule has 0 bridgehead atoms. The first-order valence-electron chi connectivity index (χ1n) is 6.08. The Morgan fingerprint density at radius 2 is 1.71 bits per heavy atom. The highest BCUT2D eigenvalue weighted by molar-refractivity contribution is 5.92. The van der Waals surface area contributed by atoms with E-state index in [0.29, 0.717) is 11.6 Å². The molecule has 0 saturated heterocycles. The van der Waals surface area contributed by atoms with Gasteiger partial charge >= 0.3 is 12.1 Å². The first-order valence-corrected chi connectivity index (χ1v) is 6.08. The van der Waals surface area contributed by atoms with Crippen LogP contribution in [0.5, 0.6) is 6.01 Å². The minimum Gasteiger partial charge on any atom is -0.467 e. The Morgan fingerprint density at radius 3 is 2.24 bits per heavy atom. The van der Waals surface area contributed by atoms with Gasteiger partial charge in [0.25, 0.3) is 0 Å². The van der Waals surface area contributed by atoms with E-state index in [-0.39, 0.29) is 12.0 Å². The fourth-order valence-electron chi connectivity index (χ4n) is 1.62. The Hall–Kier alpha value is -2.90. The van der Waals surface area contributed by atoms with Crippen molar-refractivity contribution in [1.82, 2.24) is 15.0 Å². The van der Waals surface area contributed by atoms with Crippen molar-refractivity contribution in [2.24, 2.45) is 0 Å². The van der Waals surface area contributed by atoms with Crippen LogP contribution in [0, 0.1) is 0 Å². The van der Waals surface area contributed by atoms with Crippen molar-refractivity contribution in [2.45, 2.75) is 0 Å². The quantitative estimate of drug-likeness (QED) is 0.916. The zero-order valence-corrected chi connectivity index (χ0v) is 11.9. The van der Waals surface area contributed by atoms with Crippen molar-refractivity contribution in [2.75, 3.05) is 31.0 Å². The molecule has 0 spiro atoms. The number of benzene rings is 1. The van der Waals surface area contributed by atoms with Crippen LogP contribution in [0.4, 0.5) is 22.4 Å². The minimum absolute atomic E-state index is 0.0238. The number of aromatic nitrogens is 3. The van der Waals surface area contributed by atoms with Crippen LogP contribution < -0.4 is 14.5 Å². The van der Waals surface area contributed by atoms with E-state index in [4.69, 9.17) is 4.74 Å². The monoisotopic (exact) mass is 289 g/mol. The molecule has 0 aliphatic rings. The fourth-order valence-corrected chi connectivity index (χ4v) is 1.62. The maximum absolute atomic E-state index is 11.6. The summed E-state index contributed by atoms with van der Waals surface area (Å²) in [5, 5.41) is 9.44. The third-order valence-electron chi connectivity index (χ3n) is 2.58. The van der Waals surface area contributed by atoms with Gasteiger partial charge in [-0.05, 0) is 12.1 Å². The molecule has 1 N–H and O–H groups in total. The largest absolute Gasteiger partial charge is 0.467 e. The second-order valence-corrected chi connectivity index (χ2v) is 4.27. The maximum atomic E-state index is 11.6. The van der Waals surface area contributed by atoms with E-state index in [1.165, 1.54) is 7.11 Å². The van der Waals surface area contributed by atoms with E-state index in [1.807, 2.05) is 0 Å². The molecule has 0 saturated carbocycles. The van der Waals surface area contributed by atoms with Crippen LogP contribution in [-0.2, 0) is 0 Å². The van der Waals surface area contributed by atoms with Crippen molar-refractivity contribution in [3.63, 3.8) is 0 Å². The lowest BCUT2D eigenvalue weighted by Crippen LogP contribution is -2.27. The maximum Gasteiger partial charge on any atom is 0.418 e. The van der Waals surface area contributed by atoms with Gasteiger partial charge in [-0.1, -0.05) is 18.2 Å². The molecule has 2 aromatic rings. The predicted molar refractivity (Wildman–Crippen MR) is 77.3 cm³/mol. The zero-order valence-electron chi connectivity index (χ0n) is 11.9. The molecule has 0 radical (unpaired) electrons. The first kappa shape index (κ1) is 14.5. The summed E-state index contributed by atoms with van der Waals surface area (Å²) in [6.45, 7) is 0. The number of nitrogens with zero attached hydrogens (tertiary/aromatic N) is 5. The van der Waals surface area contributed by atoms with Crippen LogP contribution in [0.3, 0.4) is 0 Å². The standard InChI is InChI=1S/C13H15N5O3/c1-17(2)10-14-11(16-12(15-10)21-3)18(13(19)20)9-7-5-4-6-8-9/h4-8H,1-3H3,(H,19,20). The molecule has 0 aliphatic heterocycles. The van der Waals surface area contributed by atoms with Gasteiger partial charge in [0, 0.05) is 14.1 Å². The number of methoxy groups -OCH3 is 1. The number of amides is 1. The Labute approximate surface area is 121 Å². The highest BCUT2D eigenvalue weighted by atomic mass is 16.5. The molecule has 0 atom stereocenters. The van der Waals surface area contributed by atoms with Crippen molar-refractivity contribution >= 4 is 23.7 Å². The smallest absolute Gasteiger partial charge is 0.418 e. The van der Waals surface area contributed by atoms with Crippen molar-refractivity contribution in [3.8, 4) is 6.01 Å². The van der Waals surface area contributed by atoms with Crippen LogP contribution in [0.15, 0.2) is 30.3 Å². The minimum atomic E-state index is -1.20. The Bertz CT molecular complexity index is 633. The second-order valence-electron chi connectivity index (χ2n) is 4.27. The van der Waals surface area contributed by atoms with Gasteiger partial charge in [-0.3, -0.25) is 0 Å². The molecule has 21 heavy (non-hydrogen) atoms. The summed E-state index contributed by atoms with van der Waals surface area (Å²) in [6, 6.07) is 8.61. The van der Waals surface area contributed by atoms with E-state index < -0.39 is 6.09 Å². The number of rotatable bonds is 4. The summed E-state index contributed by atoms with van der Waals surface area (Å²) >= 11 is 0. The third-order valence-corrected chi connectivity index (χ3v) is 2.58. The van der Waals surface area contributed by atoms with Gasteiger partial charge in [-0.2, -0.15) is 15.0 Å². The molecule has 0 unspecified atom stereocenters. The molecule has 8 heteroatoms. The Kier molecular flexibility index (Phi) is 4.17. The van der Waals surface area contributed by atoms with Gasteiger partial charge in [0.1, 0.15) is 0 Å². The third kappa shape index (κ3) is 3.16. The van der Waals surface area contributed by atoms with Crippen LogP contribution >= 0.6 is 0 Å². The normalized spacial score (nSPS) is 10.0. The van der Waals surface area contributed by atoms with Gasteiger partial charge in [0.05, 0.1) is 12.8 Å². The number of ether oxygens (including phenoxy) is 1. The molecule has 1 heterocycles. The zero-order chi connectivity index (χ0) is 15.4. The summed E-state index contributed by atoms with van der Waals surface area (Å²) in [5.74, 6) is 0.281. The molecule has 1 amide bonds. The van der Waals surface area contributed by atoms with Crippen molar-refractivity contribution in [3.05, 3.63) is 30.3 Å². The first-order chi connectivity index (χ1) is 10.0. The molecule has 0 fully saturated rings. The molecular weight excluding hydrogens is 274 g/mol. The Balaban J connectivity index is 2.55. The van der Waals surface area contributed by atoms with Crippen LogP contribution in [0.1, 0.15) is 0 Å². The van der Waals surface area contributed by atoms with Crippen molar-refractivity contribution in [1.29, 1.82) is 0 Å². The number of carbonyl (C=O) groups is 1. The van der Waals surface area contributed by atoms with E-state index in [9.17, 15) is 9.90 Å². The van der Waals surface area contributed by atoms with Crippen LogP contribution in [0.2, 0.25) is 0 Å².